The van der Waals surface area contributed by atoms with E-state index in [1.165, 1.54) is 32.1 Å². The van der Waals surface area contributed by atoms with Crippen molar-refractivity contribution < 1.29 is 4.74 Å². The van der Waals surface area contributed by atoms with Crippen LogP contribution in [-0.4, -0.2) is 11.6 Å². The van der Waals surface area contributed by atoms with E-state index in [9.17, 15) is 0 Å². The molecule has 2 rings (SSSR count). The molecule has 1 heterocycles. The van der Waals surface area contributed by atoms with Crippen LogP contribution < -0.4 is 16.0 Å². The Morgan fingerprint density at radius 2 is 2.05 bits per heavy atom. The zero-order valence-electron chi connectivity index (χ0n) is 13.6. The fourth-order valence-corrected chi connectivity index (χ4v) is 3.97. The standard InChI is InChI=1S/C17H29N3O/c1-4-21-15-9-14(11-19-12-15)16(20-18)17(10-13(2)3)7-5-6-8-17/h9,11-13,16,20H,4-8,10,18H2,1-3H3. The van der Waals surface area contributed by atoms with Gasteiger partial charge in [-0.05, 0) is 49.1 Å². The lowest BCUT2D eigenvalue weighted by Crippen LogP contribution is -2.41. The molecule has 0 aromatic carbocycles. The molecule has 118 valence electrons. The third kappa shape index (κ3) is 3.74. The minimum absolute atomic E-state index is 0.148. The number of nitrogens with two attached hydrogens (primary N) is 1. The quantitative estimate of drug-likeness (QED) is 0.595. The summed E-state index contributed by atoms with van der Waals surface area (Å²) in [5.74, 6) is 7.45. The van der Waals surface area contributed by atoms with E-state index in [-0.39, 0.29) is 11.5 Å². The van der Waals surface area contributed by atoms with E-state index in [0.717, 1.165) is 11.3 Å². The van der Waals surface area contributed by atoms with Crippen molar-refractivity contribution in [2.75, 3.05) is 6.61 Å². The molecule has 1 fully saturated rings. The second-order valence-electron chi connectivity index (χ2n) is 6.65. The van der Waals surface area contributed by atoms with Gasteiger partial charge in [0.05, 0.1) is 18.8 Å². The van der Waals surface area contributed by atoms with E-state index in [2.05, 4.69) is 30.3 Å². The summed E-state index contributed by atoms with van der Waals surface area (Å²) in [7, 11) is 0. The van der Waals surface area contributed by atoms with Crippen LogP contribution in [0.3, 0.4) is 0 Å². The van der Waals surface area contributed by atoms with Crippen LogP contribution in [0.1, 0.15) is 64.5 Å². The molecule has 1 aliphatic rings. The Morgan fingerprint density at radius 3 is 2.62 bits per heavy atom. The fourth-order valence-electron chi connectivity index (χ4n) is 3.97. The van der Waals surface area contributed by atoms with Crippen LogP contribution in [0, 0.1) is 11.3 Å². The molecule has 1 aromatic rings. The summed E-state index contributed by atoms with van der Waals surface area (Å²) in [6.45, 7) is 7.23. The molecular weight excluding hydrogens is 262 g/mol. The highest BCUT2D eigenvalue weighted by atomic mass is 16.5. The van der Waals surface area contributed by atoms with Crippen LogP contribution in [0.5, 0.6) is 5.75 Å². The first-order valence-electron chi connectivity index (χ1n) is 8.15. The zero-order chi connectivity index (χ0) is 15.3. The maximum atomic E-state index is 5.95. The van der Waals surface area contributed by atoms with E-state index in [1.807, 2.05) is 13.1 Å². The molecule has 0 spiro atoms. The normalized spacial score (nSPS) is 18.9. The van der Waals surface area contributed by atoms with Gasteiger partial charge in [0.2, 0.25) is 0 Å². The Labute approximate surface area is 128 Å². The topological polar surface area (TPSA) is 60.2 Å². The maximum absolute atomic E-state index is 5.95. The summed E-state index contributed by atoms with van der Waals surface area (Å²) in [6.07, 6.45) is 9.95. The molecule has 3 N–H and O–H groups in total. The monoisotopic (exact) mass is 291 g/mol. The van der Waals surface area contributed by atoms with Crippen molar-refractivity contribution in [2.24, 2.45) is 17.2 Å². The van der Waals surface area contributed by atoms with Gasteiger partial charge in [-0.25, -0.2) is 0 Å². The highest BCUT2D eigenvalue weighted by Gasteiger charge is 2.42. The summed E-state index contributed by atoms with van der Waals surface area (Å²) in [5, 5.41) is 0. The molecule has 21 heavy (non-hydrogen) atoms. The SMILES string of the molecule is CCOc1cncc(C(NN)C2(CC(C)C)CCCC2)c1. The molecule has 1 aliphatic carbocycles. The van der Waals surface area contributed by atoms with E-state index in [4.69, 9.17) is 10.6 Å². The molecule has 1 aromatic heterocycles. The summed E-state index contributed by atoms with van der Waals surface area (Å²) in [5.41, 5.74) is 4.47. The Morgan fingerprint density at radius 1 is 1.33 bits per heavy atom. The third-order valence-corrected chi connectivity index (χ3v) is 4.57. The Bertz CT molecular complexity index is 441. The first kappa shape index (κ1) is 16.2. The van der Waals surface area contributed by atoms with E-state index in [1.54, 1.807) is 6.20 Å². The Hall–Kier alpha value is -1.13. The maximum Gasteiger partial charge on any atom is 0.137 e. The second kappa shape index (κ2) is 7.23. The number of nitrogens with zero attached hydrogens (tertiary/aromatic N) is 1. The molecule has 1 unspecified atom stereocenters. The molecular formula is C17H29N3O. The van der Waals surface area contributed by atoms with Gasteiger partial charge in [-0.2, -0.15) is 0 Å². The van der Waals surface area contributed by atoms with Crippen molar-refractivity contribution >= 4 is 0 Å². The van der Waals surface area contributed by atoms with Crippen LogP contribution >= 0.6 is 0 Å². The number of hydrogen-bond donors (Lipinski definition) is 2. The van der Waals surface area contributed by atoms with Crippen LogP contribution in [0.4, 0.5) is 0 Å². The average molecular weight is 291 g/mol. The summed E-state index contributed by atoms with van der Waals surface area (Å²) in [6, 6.07) is 2.23. The minimum atomic E-state index is 0.148. The number of hydrogen-bond acceptors (Lipinski definition) is 4. The Balaban J connectivity index is 2.29. The van der Waals surface area contributed by atoms with Gasteiger partial charge in [0, 0.05) is 6.20 Å². The van der Waals surface area contributed by atoms with Gasteiger partial charge < -0.3 is 4.74 Å². The van der Waals surface area contributed by atoms with Gasteiger partial charge in [0.25, 0.3) is 0 Å². The molecule has 0 aliphatic heterocycles. The molecule has 0 radical (unpaired) electrons. The van der Waals surface area contributed by atoms with E-state index in [0.29, 0.717) is 12.5 Å². The van der Waals surface area contributed by atoms with Gasteiger partial charge in [-0.3, -0.25) is 16.3 Å². The lowest BCUT2D eigenvalue weighted by molar-refractivity contribution is 0.155. The lowest BCUT2D eigenvalue weighted by Gasteiger charge is -2.39. The predicted octanol–water partition coefficient (Wildman–Crippen LogP) is 3.59. The molecule has 1 saturated carbocycles. The van der Waals surface area contributed by atoms with Crippen LogP contribution in [0.25, 0.3) is 0 Å². The minimum Gasteiger partial charge on any atom is -0.492 e. The molecule has 0 amide bonds. The number of nitrogens with one attached hydrogen (secondary N) is 1. The number of rotatable bonds is 7. The van der Waals surface area contributed by atoms with E-state index >= 15 is 0 Å². The van der Waals surface area contributed by atoms with Gasteiger partial charge in [-0.15, -0.1) is 0 Å². The molecule has 4 nitrogen and oxygen atoms in total. The van der Waals surface area contributed by atoms with Crippen molar-refractivity contribution in [3.63, 3.8) is 0 Å². The summed E-state index contributed by atoms with van der Waals surface area (Å²) < 4.78 is 5.59. The number of pyridine rings is 1. The lowest BCUT2D eigenvalue weighted by atomic mass is 9.71. The molecule has 1 atom stereocenters. The largest absolute Gasteiger partial charge is 0.492 e. The molecule has 4 heteroatoms. The van der Waals surface area contributed by atoms with Gasteiger partial charge in [0.1, 0.15) is 5.75 Å². The third-order valence-electron chi connectivity index (χ3n) is 4.57. The zero-order valence-corrected chi connectivity index (χ0v) is 13.6. The number of aromatic nitrogens is 1. The Kier molecular flexibility index (Phi) is 5.59. The van der Waals surface area contributed by atoms with Crippen molar-refractivity contribution in [1.29, 1.82) is 0 Å². The van der Waals surface area contributed by atoms with Crippen LogP contribution in [0.2, 0.25) is 0 Å². The van der Waals surface area contributed by atoms with Crippen molar-refractivity contribution in [3.05, 3.63) is 24.0 Å². The first-order valence-corrected chi connectivity index (χ1v) is 8.15. The highest BCUT2D eigenvalue weighted by molar-refractivity contribution is 5.28. The van der Waals surface area contributed by atoms with Gasteiger partial charge in [0.15, 0.2) is 0 Å². The summed E-state index contributed by atoms with van der Waals surface area (Å²) >= 11 is 0. The molecule has 0 saturated heterocycles. The number of ether oxygens (including phenoxy) is 1. The smallest absolute Gasteiger partial charge is 0.137 e. The highest BCUT2D eigenvalue weighted by Crippen LogP contribution is 2.51. The second-order valence-corrected chi connectivity index (χ2v) is 6.65. The van der Waals surface area contributed by atoms with Crippen molar-refractivity contribution in [1.82, 2.24) is 10.4 Å². The first-order chi connectivity index (χ1) is 10.1. The van der Waals surface area contributed by atoms with Crippen LogP contribution in [-0.2, 0) is 0 Å². The van der Waals surface area contributed by atoms with Gasteiger partial charge >= 0.3 is 0 Å². The van der Waals surface area contributed by atoms with Crippen molar-refractivity contribution in [3.8, 4) is 5.75 Å². The van der Waals surface area contributed by atoms with Crippen molar-refractivity contribution in [2.45, 2.75) is 58.9 Å². The van der Waals surface area contributed by atoms with Crippen LogP contribution in [0.15, 0.2) is 18.5 Å². The van der Waals surface area contributed by atoms with E-state index < -0.39 is 0 Å². The van der Waals surface area contributed by atoms with Gasteiger partial charge in [-0.1, -0.05) is 26.7 Å². The number of hydrazine groups is 1. The average Bonchev–Trinajstić information content (AvgIpc) is 2.89. The predicted molar refractivity (Wildman–Crippen MR) is 85.8 cm³/mol. The molecule has 0 bridgehead atoms. The fraction of sp³-hybridized carbons (Fsp3) is 0.706. The summed E-state index contributed by atoms with van der Waals surface area (Å²) in [4.78, 5) is 4.33.